The first-order valence-corrected chi connectivity index (χ1v) is 10.2. The molecule has 0 bridgehead atoms. The van der Waals surface area contributed by atoms with Gasteiger partial charge in [-0.15, -0.1) is 22.7 Å². The smallest absolute Gasteiger partial charge is 0.296 e. The fourth-order valence-corrected chi connectivity index (χ4v) is 4.76. The molecule has 0 saturated carbocycles. The van der Waals surface area contributed by atoms with Crippen LogP contribution >= 0.6 is 22.7 Å². The molecule has 1 aliphatic rings. The van der Waals surface area contributed by atoms with E-state index in [2.05, 4.69) is 4.98 Å². The van der Waals surface area contributed by atoms with Crippen molar-refractivity contribution in [3.05, 3.63) is 74.1 Å². The third-order valence-corrected chi connectivity index (χ3v) is 6.55. The van der Waals surface area contributed by atoms with Crippen LogP contribution in [0, 0.1) is 13.8 Å². The summed E-state index contributed by atoms with van der Waals surface area (Å²) in [6.07, 6.45) is 0. The number of phenolic OH excluding ortho intramolecular Hbond substituents is 1. The van der Waals surface area contributed by atoms with Gasteiger partial charge in [-0.3, -0.25) is 14.5 Å². The molecule has 1 atom stereocenters. The molecule has 3 aromatic rings. The van der Waals surface area contributed by atoms with Crippen molar-refractivity contribution in [2.45, 2.75) is 19.9 Å². The van der Waals surface area contributed by atoms with E-state index >= 15 is 0 Å². The average molecular weight is 412 g/mol. The summed E-state index contributed by atoms with van der Waals surface area (Å²) in [6, 6.07) is 8.84. The van der Waals surface area contributed by atoms with Gasteiger partial charge in [0.1, 0.15) is 5.75 Å². The Morgan fingerprint density at radius 2 is 1.96 bits per heavy atom. The number of carbonyl (C=O) groups is 2. The number of aryl methyl sites for hydroxylation is 2. The van der Waals surface area contributed by atoms with Crippen LogP contribution in [0.15, 0.2) is 53.1 Å². The number of benzene rings is 1. The summed E-state index contributed by atoms with van der Waals surface area (Å²) >= 11 is 2.55. The molecule has 28 heavy (non-hydrogen) atoms. The number of aromatic hydroxyl groups is 1. The van der Waals surface area contributed by atoms with Crippen molar-refractivity contribution in [2.75, 3.05) is 4.90 Å². The van der Waals surface area contributed by atoms with Crippen LogP contribution in [-0.2, 0) is 4.79 Å². The quantitative estimate of drug-likeness (QED) is 0.623. The van der Waals surface area contributed by atoms with Crippen molar-refractivity contribution in [3.63, 3.8) is 0 Å². The fourth-order valence-electron chi connectivity index (χ4n) is 3.14. The van der Waals surface area contributed by atoms with Crippen LogP contribution in [-0.4, -0.2) is 26.9 Å². The molecular weight excluding hydrogens is 396 g/mol. The maximum absolute atomic E-state index is 13.1. The lowest BCUT2D eigenvalue weighted by Gasteiger charge is -2.24. The molecule has 0 radical (unpaired) electrons. The normalized spacial score (nSPS) is 16.9. The molecule has 0 fully saturated rings. The van der Waals surface area contributed by atoms with E-state index in [9.17, 15) is 19.8 Å². The van der Waals surface area contributed by atoms with Gasteiger partial charge in [-0.2, -0.15) is 0 Å². The van der Waals surface area contributed by atoms with Gasteiger partial charge in [0.25, 0.3) is 5.91 Å². The van der Waals surface area contributed by atoms with E-state index in [-0.39, 0.29) is 11.3 Å². The maximum atomic E-state index is 13.1. The van der Waals surface area contributed by atoms with E-state index < -0.39 is 23.5 Å². The molecule has 142 valence electrons. The van der Waals surface area contributed by atoms with Gasteiger partial charge in [0, 0.05) is 4.88 Å². The molecule has 1 unspecified atom stereocenters. The van der Waals surface area contributed by atoms with Crippen LogP contribution in [0.5, 0.6) is 5.75 Å². The Morgan fingerprint density at radius 1 is 1.18 bits per heavy atom. The number of hydrogen-bond donors (Lipinski definition) is 2. The zero-order valence-electron chi connectivity index (χ0n) is 15.0. The molecule has 0 aliphatic carbocycles. The van der Waals surface area contributed by atoms with Gasteiger partial charge >= 0.3 is 0 Å². The lowest BCUT2D eigenvalue weighted by molar-refractivity contribution is -0.117. The number of ketones is 1. The number of carbonyl (C=O) groups excluding carboxylic acids is 2. The number of amides is 1. The molecule has 0 saturated heterocycles. The SMILES string of the molecule is Cc1nc(N2C(=O)C(O)=C(C(=O)c3cccs3)C2c2cccc(O)c2)sc1C. The van der Waals surface area contributed by atoms with E-state index in [0.717, 1.165) is 10.6 Å². The van der Waals surface area contributed by atoms with E-state index in [1.807, 2.05) is 13.8 Å². The van der Waals surface area contributed by atoms with Crippen LogP contribution in [0.25, 0.3) is 0 Å². The van der Waals surface area contributed by atoms with Gasteiger partial charge in [0.2, 0.25) is 5.78 Å². The number of thiazole rings is 1. The largest absolute Gasteiger partial charge is 0.508 e. The van der Waals surface area contributed by atoms with Crippen LogP contribution in [0.3, 0.4) is 0 Å². The van der Waals surface area contributed by atoms with Crippen molar-refractivity contribution in [2.24, 2.45) is 0 Å². The summed E-state index contributed by atoms with van der Waals surface area (Å²) in [5.74, 6) is -1.67. The topological polar surface area (TPSA) is 90.7 Å². The predicted molar refractivity (Wildman–Crippen MR) is 108 cm³/mol. The molecule has 1 amide bonds. The lowest BCUT2D eigenvalue weighted by atomic mass is 9.95. The summed E-state index contributed by atoms with van der Waals surface area (Å²) in [4.78, 5) is 33.2. The van der Waals surface area contributed by atoms with E-state index in [4.69, 9.17) is 0 Å². The lowest BCUT2D eigenvalue weighted by Crippen LogP contribution is -2.30. The molecule has 3 heterocycles. The highest BCUT2D eigenvalue weighted by molar-refractivity contribution is 7.16. The molecule has 0 spiro atoms. The van der Waals surface area contributed by atoms with Crippen molar-refractivity contribution >= 4 is 39.5 Å². The number of nitrogens with zero attached hydrogens (tertiary/aromatic N) is 2. The Balaban J connectivity index is 1.90. The molecule has 2 N–H and O–H groups in total. The van der Waals surface area contributed by atoms with Gasteiger partial charge in [-0.1, -0.05) is 18.2 Å². The number of anilines is 1. The summed E-state index contributed by atoms with van der Waals surface area (Å²) in [5, 5.41) is 22.7. The van der Waals surface area contributed by atoms with Gasteiger partial charge in [-0.25, -0.2) is 4.98 Å². The standard InChI is InChI=1S/C20H16N2O4S2/c1-10-11(2)28-20(21-10)22-16(12-5-3-6-13(23)9-12)15(18(25)19(22)26)17(24)14-7-4-8-27-14/h3-9,16,23,25H,1-2H3. The number of hydrogen-bond acceptors (Lipinski definition) is 7. The highest BCUT2D eigenvalue weighted by Gasteiger charge is 2.46. The van der Waals surface area contributed by atoms with Crippen molar-refractivity contribution < 1.29 is 19.8 Å². The van der Waals surface area contributed by atoms with Gasteiger partial charge in [0.05, 0.1) is 22.2 Å². The predicted octanol–water partition coefficient (Wildman–Crippen LogP) is 4.31. The molecule has 6 nitrogen and oxygen atoms in total. The Labute approximate surface area is 169 Å². The minimum atomic E-state index is -0.876. The van der Waals surface area contributed by atoms with E-state index in [0.29, 0.717) is 15.6 Å². The van der Waals surface area contributed by atoms with Gasteiger partial charge in [0.15, 0.2) is 10.9 Å². The van der Waals surface area contributed by atoms with Crippen LogP contribution in [0.2, 0.25) is 0 Å². The van der Waals surface area contributed by atoms with Crippen LogP contribution in [0.4, 0.5) is 5.13 Å². The third-order valence-electron chi connectivity index (χ3n) is 4.61. The third kappa shape index (κ3) is 2.90. The molecule has 1 aromatic carbocycles. The number of aromatic nitrogens is 1. The van der Waals surface area contributed by atoms with Crippen molar-refractivity contribution in [3.8, 4) is 5.75 Å². The Hall–Kier alpha value is -2.97. The number of rotatable bonds is 4. The highest BCUT2D eigenvalue weighted by Crippen LogP contribution is 2.44. The summed E-state index contributed by atoms with van der Waals surface area (Å²) in [7, 11) is 0. The second kappa shape index (κ2) is 6.88. The van der Waals surface area contributed by atoms with E-state index in [1.54, 1.807) is 29.6 Å². The minimum Gasteiger partial charge on any atom is -0.508 e. The number of aliphatic hydroxyl groups excluding tert-OH is 1. The Morgan fingerprint density at radius 3 is 2.57 bits per heavy atom. The van der Waals surface area contributed by atoms with Crippen LogP contribution < -0.4 is 4.90 Å². The zero-order chi connectivity index (χ0) is 20.0. The zero-order valence-corrected chi connectivity index (χ0v) is 16.7. The first-order chi connectivity index (χ1) is 13.4. The molecule has 2 aromatic heterocycles. The fraction of sp³-hybridized carbons (Fsp3) is 0.150. The summed E-state index contributed by atoms with van der Waals surface area (Å²) < 4.78 is 0. The first-order valence-electron chi connectivity index (χ1n) is 8.46. The summed E-state index contributed by atoms with van der Waals surface area (Å²) in [5.41, 5.74) is 1.28. The van der Waals surface area contributed by atoms with Crippen molar-refractivity contribution in [1.82, 2.24) is 4.98 Å². The summed E-state index contributed by atoms with van der Waals surface area (Å²) in [6.45, 7) is 3.73. The van der Waals surface area contributed by atoms with Gasteiger partial charge < -0.3 is 10.2 Å². The molecule has 1 aliphatic heterocycles. The minimum absolute atomic E-state index is 0.00529. The van der Waals surface area contributed by atoms with Crippen LogP contribution in [0.1, 0.15) is 31.8 Å². The number of Topliss-reactive ketones (excluding diaryl/α,β-unsaturated/α-hetero) is 1. The number of phenols is 1. The second-order valence-electron chi connectivity index (χ2n) is 6.38. The monoisotopic (exact) mass is 412 g/mol. The van der Waals surface area contributed by atoms with Gasteiger partial charge in [-0.05, 0) is 43.0 Å². The average Bonchev–Trinajstić information content (AvgIpc) is 3.36. The maximum Gasteiger partial charge on any atom is 0.296 e. The number of thiophene rings is 1. The van der Waals surface area contributed by atoms with E-state index in [1.165, 1.54) is 39.7 Å². The molecule has 8 heteroatoms. The van der Waals surface area contributed by atoms with Crippen molar-refractivity contribution in [1.29, 1.82) is 0 Å². The first kappa shape index (κ1) is 18.4. The second-order valence-corrected chi connectivity index (χ2v) is 8.51. The molecule has 4 rings (SSSR count). The Kier molecular flexibility index (Phi) is 4.52. The Bertz CT molecular complexity index is 1100. The molecular formula is C20H16N2O4S2. The number of aliphatic hydroxyl groups is 1. The highest BCUT2D eigenvalue weighted by atomic mass is 32.1.